The average molecular weight is 263 g/mol. The van der Waals surface area contributed by atoms with Crippen molar-refractivity contribution in [1.29, 1.82) is 0 Å². The highest BCUT2D eigenvalue weighted by Gasteiger charge is 2.22. The van der Waals surface area contributed by atoms with Gasteiger partial charge in [0.15, 0.2) is 0 Å². The van der Waals surface area contributed by atoms with E-state index in [1.165, 1.54) is 11.1 Å². The van der Waals surface area contributed by atoms with Gasteiger partial charge in [-0.2, -0.15) is 0 Å². The summed E-state index contributed by atoms with van der Waals surface area (Å²) in [5, 5.41) is 12.3. The van der Waals surface area contributed by atoms with E-state index >= 15 is 0 Å². The molecule has 106 valence electrons. The third-order valence-corrected chi connectivity index (χ3v) is 3.95. The maximum atomic E-state index is 12.2. The van der Waals surface area contributed by atoms with Gasteiger partial charge in [0, 0.05) is 5.69 Å². The largest absolute Gasteiger partial charge is 0.396 e. The van der Waals surface area contributed by atoms with Gasteiger partial charge in [0.1, 0.15) is 0 Å². The van der Waals surface area contributed by atoms with E-state index in [4.69, 9.17) is 0 Å². The SMILES string of the molecule is Cc1cc(C)c(C)c(NC(=O)C(CO)C(C)C)c1C. The van der Waals surface area contributed by atoms with E-state index in [1.807, 2.05) is 41.5 Å². The molecule has 0 aliphatic heterocycles. The Morgan fingerprint density at radius 1 is 1.16 bits per heavy atom. The van der Waals surface area contributed by atoms with Crippen molar-refractivity contribution in [2.24, 2.45) is 11.8 Å². The van der Waals surface area contributed by atoms with Gasteiger partial charge in [-0.1, -0.05) is 19.9 Å². The zero-order valence-electron chi connectivity index (χ0n) is 12.8. The number of benzene rings is 1. The summed E-state index contributed by atoms with van der Waals surface area (Å²) in [5.41, 5.74) is 5.42. The van der Waals surface area contributed by atoms with Crippen LogP contribution in [0.3, 0.4) is 0 Å². The van der Waals surface area contributed by atoms with Crippen LogP contribution < -0.4 is 5.32 Å². The molecule has 0 saturated heterocycles. The van der Waals surface area contributed by atoms with Crippen LogP contribution in [0.5, 0.6) is 0 Å². The van der Waals surface area contributed by atoms with Gasteiger partial charge in [0.2, 0.25) is 5.91 Å². The van der Waals surface area contributed by atoms with Crippen molar-refractivity contribution in [2.45, 2.75) is 41.5 Å². The van der Waals surface area contributed by atoms with Crippen molar-refractivity contribution in [3.8, 4) is 0 Å². The van der Waals surface area contributed by atoms with Gasteiger partial charge in [0.25, 0.3) is 0 Å². The van der Waals surface area contributed by atoms with Crippen molar-refractivity contribution in [1.82, 2.24) is 0 Å². The molecule has 1 unspecified atom stereocenters. The Balaban J connectivity index is 3.09. The number of carbonyl (C=O) groups excluding carboxylic acids is 1. The van der Waals surface area contributed by atoms with Gasteiger partial charge in [-0.3, -0.25) is 4.79 Å². The fraction of sp³-hybridized carbons (Fsp3) is 0.562. The van der Waals surface area contributed by atoms with E-state index in [2.05, 4.69) is 11.4 Å². The topological polar surface area (TPSA) is 49.3 Å². The van der Waals surface area contributed by atoms with E-state index in [-0.39, 0.29) is 24.3 Å². The lowest BCUT2D eigenvalue weighted by atomic mass is 9.94. The molecular weight excluding hydrogens is 238 g/mol. The first kappa shape index (κ1) is 15.7. The standard InChI is InChI=1S/C16H25NO2/c1-9(2)14(8-18)16(19)17-15-12(5)10(3)7-11(4)13(15)6/h7,9,14,18H,8H2,1-6H3,(H,17,19). The number of aryl methyl sites for hydroxylation is 2. The minimum atomic E-state index is -0.361. The van der Waals surface area contributed by atoms with Crippen molar-refractivity contribution < 1.29 is 9.90 Å². The van der Waals surface area contributed by atoms with Crippen molar-refractivity contribution >= 4 is 11.6 Å². The summed E-state index contributed by atoms with van der Waals surface area (Å²) < 4.78 is 0. The number of hydrogen-bond donors (Lipinski definition) is 2. The summed E-state index contributed by atoms with van der Waals surface area (Å²) in [4.78, 5) is 12.2. The maximum Gasteiger partial charge on any atom is 0.230 e. The first-order valence-corrected chi connectivity index (χ1v) is 6.78. The van der Waals surface area contributed by atoms with Crippen LogP contribution in [-0.2, 0) is 4.79 Å². The zero-order chi connectivity index (χ0) is 14.7. The Kier molecular flexibility index (Phi) is 5.12. The molecule has 0 heterocycles. The van der Waals surface area contributed by atoms with Crippen molar-refractivity contribution in [3.05, 3.63) is 28.3 Å². The van der Waals surface area contributed by atoms with Gasteiger partial charge in [-0.05, 0) is 55.9 Å². The summed E-state index contributed by atoms with van der Waals surface area (Å²) in [6, 6.07) is 2.13. The van der Waals surface area contributed by atoms with E-state index in [0.717, 1.165) is 16.8 Å². The second kappa shape index (κ2) is 6.20. The van der Waals surface area contributed by atoms with E-state index in [0.29, 0.717) is 0 Å². The molecule has 0 saturated carbocycles. The smallest absolute Gasteiger partial charge is 0.230 e. The molecule has 1 amide bonds. The molecule has 3 nitrogen and oxygen atoms in total. The molecule has 0 fully saturated rings. The predicted molar refractivity (Wildman–Crippen MR) is 79.4 cm³/mol. The third kappa shape index (κ3) is 3.35. The first-order chi connectivity index (χ1) is 8.79. The minimum Gasteiger partial charge on any atom is -0.396 e. The highest BCUT2D eigenvalue weighted by molar-refractivity contribution is 5.94. The zero-order valence-corrected chi connectivity index (χ0v) is 12.8. The van der Waals surface area contributed by atoms with Crippen LogP contribution >= 0.6 is 0 Å². The Hall–Kier alpha value is -1.35. The number of rotatable bonds is 4. The van der Waals surface area contributed by atoms with Gasteiger partial charge < -0.3 is 10.4 Å². The molecule has 1 aromatic rings. The predicted octanol–water partition coefficient (Wildman–Crippen LogP) is 3.12. The molecule has 0 spiro atoms. The molecule has 0 aliphatic rings. The first-order valence-electron chi connectivity index (χ1n) is 6.78. The lowest BCUT2D eigenvalue weighted by molar-refractivity contribution is -0.122. The van der Waals surface area contributed by atoms with E-state index in [9.17, 15) is 9.90 Å². The molecule has 1 rings (SSSR count). The van der Waals surface area contributed by atoms with Crippen LogP contribution in [0.15, 0.2) is 6.07 Å². The van der Waals surface area contributed by atoms with Gasteiger partial charge in [-0.25, -0.2) is 0 Å². The number of hydrogen-bond acceptors (Lipinski definition) is 2. The highest BCUT2D eigenvalue weighted by Crippen LogP contribution is 2.27. The fourth-order valence-electron chi connectivity index (χ4n) is 2.22. The third-order valence-electron chi connectivity index (χ3n) is 3.95. The monoisotopic (exact) mass is 263 g/mol. The Morgan fingerprint density at radius 2 is 1.63 bits per heavy atom. The molecule has 1 atom stereocenters. The Morgan fingerprint density at radius 3 is 2.00 bits per heavy atom. The molecule has 0 bridgehead atoms. The molecule has 0 aliphatic carbocycles. The maximum absolute atomic E-state index is 12.2. The van der Waals surface area contributed by atoms with Gasteiger partial charge in [0.05, 0.1) is 12.5 Å². The normalized spacial score (nSPS) is 12.6. The molecule has 3 heteroatoms. The summed E-state index contributed by atoms with van der Waals surface area (Å²) in [6.07, 6.45) is 0. The minimum absolute atomic E-state index is 0.103. The van der Waals surface area contributed by atoms with Crippen molar-refractivity contribution in [3.63, 3.8) is 0 Å². The van der Waals surface area contributed by atoms with Crippen molar-refractivity contribution in [2.75, 3.05) is 11.9 Å². The van der Waals surface area contributed by atoms with Gasteiger partial charge >= 0.3 is 0 Å². The molecule has 0 aromatic heterocycles. The summed E-state index contributed by atoms with van der Waals surface area (Å²) in [5.74, 6) is -0.343. The highest BCUT2D eigenvalue weighted by atomic mass is 16.3. The van der Waals surface area contributed by atoms with Gasteiger partial charge in [-0.15, -0.1) is 0 Å². The summed E-state index contributed by atoms with van der Waals surface area (Å²) >= 11 is 0. The van der Waals surface area contributed by atoms with Crippen LogP contribution in [0.25, 0.3) is 0 Å². The Bertz CT molecular complexity index is 452. The molecule has 0 radical (unpaired) electrons. The van der Waals surface area contributed by atoms with Crippen LogP contribution in [0, 0.1) is 39.5 Å². The Labute approximate surface area is 116 Å². The lowest BCUT2D eigenvalue weighted by Crippen LogP contribution is -2.30. The second-order valence-corrected chi connectivity index (χ2v) is 5.66. The quantitative estimate of drug-likeness (QED) is 0.877. The number of carbonyl (C=O) groups is 1. The van der Waals surface area contributed by atoms with Crippen LogP contribution in [0.4, 0.5) is 5.69 Å². The van der Waals surface area contributed by atoms with Crippen LogP contribution in [0.1, 0.15) is 36.1 Å². The number of amides is 1. The average Bonchev–Trinajstić information content (AvgIpc) is 2.32. The second-order valence-electron chi connectivity index (χ2n) is 5.66. The van der Waals surface area contributed by atoms with E-state index in [1.54, 1.807) is 0 Å². The summed E-state index contributed by atoms with van der Waals surface area (Å²) in [7, 11) is 0. The molecular formula is C16H25NO2. The fourth-order valence-corrected chi connectivity index (χ4v) is 2.22. The number of aliphatic hydroxyl groups is 1. The molecule has 1 aromatic carbocycles. The number of anilines is 1. The number of aliphatic hydroxyl groups excluding tert-OH is 1. The summed E-state index contributed by atoms with van der Waals surface area (Å²) in [6.45, 7) is 11.9. The van der Waals surface area contributed by atoms with Crippen LogP contribution in [0.2, 0.25) is 0 Å². The molecule has 2 N–H and O–H groups in total. The number of nitrogens with one attached hydrogen (secondary N) is 1. The lowest BCUT2D eigenvalue weighted by Gasteiger charge is -2.21. The van der Waals surface area contributed by atoms with Crippen LogP contribution in [-0.4, -0.2) is 17.6 Å². The van der Waals surface area contributed by atoms with E-state index < -0.39 is 0 Å². The molecule has 19 heavy (non-hydrogen) atoms.